The standard InChI is InChI=1S/C36H42O4/c1-4-35(29(2)37,25-14-26-39-27-30-21-23-34(38-3)24-22-30)28-40-36(31-15-8-5-9-16-31,32-17-10-6-11-18-32)33-19-12-7-13-20-33/h5-13,15-24,29,37H,4,14,25-28H2,1-3H3/t29?,35-/m1/s1. The molecule has 0 saturated heterocycles. The summed E-state index contributed by atoms with van der Waals surface area (Å²) in [7, 11) is 1.67. The smallest absolute Gasteiger partial charge is 0.143 e. The fraction of sp³-hybridized carbons (Fsp3) is 0.333. The van der Waals surface area contributed by atoms with E-state index in [1.54, 1.807) is 7.11 Å². The lowest BCUT2D eigenvalue weighted by atomic mass is 9.75. The molecule has 0 heterocycles. The maximum Gasteiger partial charge on any atom is 0.143 e. The summed E-state index contributed by atoms with van der Waals surface area (Å²) in [6.07, 6.45) is 1.86. The molecule has 0 aliphatic rings. The lowest BCUT2D eigenvalue weighted by Crippen LogP contribution is -2.43. The molecule has 4 nitrogen and oxygen atoms in total. The number of aliphatic hydroxyl groups is 1. The van der Waals surface area contributed by atoms with Crippen LogP contribution in [0.25, 0.3) is 0 Å². The minimum atomic E-state index is -0.816. The van der Waals surface area contributed by atoms with Crippen LogP contribution in [0, 0.1) is 5.41 Å². The average molecular weight is 539 g/mol. The van der Waals surface area contributed by atoms with Crippen LogP contribution < -0.4 is 4.74 Å². The largest absolute Gasteiger partial charge is 0.497 e. The highest BCUT2D eigenvalue weighted by atomic mass is 16.5. The minimum absolute atomic E-state index is 0.401. The van der Waals surface area contributed by atoms with Crippen LogP contribution in [0.2, 0.25) is 0 Å². The number of ether oxygens (including phenoxy) is 3. The van der Waals surface area contributed by atoms with Gasteiger partial charge in [0, 0.05) is 12.0 Å². The summed E-state index contributed by atoms with van der Waals surface area (Å²) in [6, 6.07) is 39.1. The Labute approximate surface area is 239 Å². The maximum absolute atomic E-state index is 11.1. The number of rotatable bonds is 15. The van der Waals surface area contributed by atoms with Gasteiger partial charge in [0.15, 0.2) is 0 Å². The molecule has 210 valence electrons. The van der Waals surface area contributed by atoms with Gasteiger partial charge in [-0.05, 0) is 60.6 Å². The first-order valence-corrected chi connectivity index (χ1v) is 14.2. The first kappa shape index (κ1) is 29.5. The van der Waals surface area contributed by atoms with Gasteiger partial charge in [-0.1, -0.05) is 110 Å². The normalized spacial score (nSPS) is 13.9. The molecular weight excluding hydrogens is 496 g/mol. The number of aliphatic hydroxyl groups excluding tert-OH is 1. The molecule has 0 radical (unpaired) electrons. The molecule has 0 aliphatic heterocycles. The van der Waals surface area contributed by atoms with E-state index in [4.69, 9.17) is 14.2 Å². The van der Waals surface area contributed by atoms with Gasteiger partial charge in [0.25, 0.3) is 0 Å². The summed E-state index contributed by atoms with van der Waals surface area (Å²) in [6.45, 7) is 5.59. The monoisotopic (exact) mass is 538 g/mol. The Kier molecular flexibility index (Phi) is 10.5. The molecule has 40 heavy (non-hydrogen) atoms. The van der Waals surface area contributed by atoms with Gasteiger partial charge in [-0.25, -0.2) is 0 Å². The van der Waals surface area contributed by atoms with Crippen molar-refractivity contribution in [2.45, 2.75) is 51.4 Å². The Hall–Kier alpha value is -3.44. The molecule has 0 aromatic heterocycles. The van der Waals surface area contributed by atoms with E-state index in [-0.39, 0.29) is 0 Å². The number of hydrogen-bond acceptors (Lipinski definition) is 4. The van der Waals surface area contributed by atoms with Crippen LogP contribution in [-0.4, -0.2) is 31.5 Å². The van der Waals surface area contributed by atoms with E-state index >= 15 is 0 Å². The summed E-state index contributed by atoms with van der Waals surface area (Å²) in [5.41, 5.74) is 3.05. The fourth-order valence-corrected chi connectivity index (χ4v) is 5.43. The molecule has 4 aromatic rings. The lowest BCUT2D eigenvalue weighted by Gasteiger charge is -2.42. The van der Waals surface area contributed by atoms with E-state index in [2.05, 4.69) is 79.7 Å². The Balaban J connectivity index is 1.55. The third kappa shape index (κ3) is 6.82. The predicted molar refractivity (Wildman–Crippen MR) is 161 cm³/mol. The summed E-state index contributed by atoms with van der Waals surface area (Å²) in [5.74, 6) is 0.839. The third-order valence-electron chi connectivity index (χ3n) is 8.10. The molecule has 1 N–H and O–H groups in total. The highest BCUT2D eigenvalue weighted by Gasteiger charge is 2.42. The molecule has 0 aliphatic carbocycles. The van der Waals surface area contributed by atoms with E-state index in [0.29, 0.717) is 19.8 Å². The van der Waals surface area contributed by atoms with Crippen molar-refractivity contribution in [3.05, 3.63) is 138 Å². The van der Waals surface area contributed by atoms with Crippen molar-refractivity contribution in [2.75, 3.05) is 20.3 Å². The van der Waals surface area contributed by atoms with Gasteiger partial charge in [-0.2, -0.15) is 0 Å². The highest BCUT2D eigenvalue weighted by molar-refractivity contribution is 5.47. The van der Waals surface area contributed by atoms with Crippen molar-refractivity contribution in [1.82, 2.24) is 0 Å². The molecule has 0 bridgehead atoms. The van der Waals surface area contributed by atoms with Crippen molar-refractivity contribution in [3.8, 4) is 5.75 Å². The van der Waals surface area contributed by atoms with E-state index in [1.807, 2.05) is 49.4 Å². The van der Waals surface area contributed by atoms with Crippen LogP contribution in [0.1, 0.15) is 55.4 Å². The molecule has 0 spiro atoms. The van der Waals surface area contributed by atoms with E-state index in [9.17, 15) is 5.11 Å². The lowest BCUT2D eigenvalue weighted by molar-refractivity contribution is -0.0916. The second kappa shape index (κ2) is 14.3. The molecule has 0 saturated carbocycles. The summed E-state index contributed by atoms with van der Waals surface area (Å²) in [4.78, 5) is 0. The molecule has 2 atom stereocenters. The van der Waals surface area contributed by atoms with Gasteiger partial charge in [0.2, 0.25) is 0 Å². The molecule has 4 rings (SSSR count). The van der Waals surface area contributed by atoms with Crippen molar-refractivity contribution >= 4 is 0 Å². The van der Waals surface area contributed by atoms with Gasteiger partial charge in [-0.15, -0.1) is 0 Å². The Bertz CT molecular complexity index is 1160. The van der Waals surface area contributed by atoms with Crippen molar-refractivity contribution in [2.24, 2.45) is 5.41 Å². The van der Waals surface area contributed by atoms with Crippen LogP contribution in [0.15, 0.2) is 115 Å². The molecule has 0 amide bonds. The molecular formula is C36H42O4. The Morgan fingerprint density at radius 3 is 1.65 bits per heavy atom. The Morgan fingerprint density at radius 1 is 0.725 bits per heavy atom. The molecule has 1 unspecified atom stereocenters. The van der Waals surface area contributed by atoms with Crippen LogP contribution in [0.5, 0.6) is 5.75 Å². The zero-order valence-electron chi connectivity index (χ0n) is 24.0. The van der Waals surface area contributed by atoms with Crippen LogP contribution in [0.4, 0.5) is 0 Å². The van der Waals surface area contributed by atoms with Crippen molar-refractivity contribution in [1.29, 1.82) is 0 Å². The van der Waals surface area contributed by atoms with Gasteiger partial charge in [-0.3, -0.25) is 0 Å². The molecule has 0 fully saturated rings. The average Bonchev–Trinajstić information content (AvgIpc) is 3.02. The third-order valence-corrected chi connectivity index (χ3v) is 8.10. The minimum Gasteiger partial charge on any atom is -0.497 e. The van der Waals surface area contributed by atoms with Crippen molar-refractivity contribution in [3.63, 3.8) is 0 Å². The first-order valence-electron chi connectivity index (χ1n) is 14.2. The maximum atomic E-state index is 11.1. The fourth-order valence-electron chi connectivity index (χ4n) is 5.43. The highest BCUT2D eigenvalue weighted by Crippen LogP contribution is 2.43. The number of hydrogen-bond donors (Lipinski definition) is 1. The first-order chi connectivity index (χ1) is 19.5. The van der Waals surface area contributed by atoms with Gasteiger partial charge in [0.1, 0.15) is 11.4 Å². The van der Waals surface area contributed by atoms with Gasteiger partial charge < -0.3 is 19.3 Å². The van der Waals surface area contributed by atoms with E-state index in [1.165, 1.54) is 0 Å². The zero-order valence-corrected chi connectivity index (χ0v) is 24.0. The zero-order chi connectivity index (χ0) is 28.3. The summed E-state index contributed by atoms with van der Waals surface area (Å²) in [5, 5.41) is 11.1. The molecule has 4 heteroatoms. The van der Waals surface area contributed by atoms with Crippen molar-refractivity contribution < 1.29 is 19.3 Å². The number of methoxy groups -OCH3 is 1. The Morgan fingerprint density at radius 2 is 1.23 bits per heavy atom. The van der Waals surface area contributed by atoms with E-state index < -0.39 is 17.1 Å². The summed E-state index contributed by atoms with van der Waals surface area (Å²) < 4.78 is 18.4. The van der Waals surface area contributed by atoms with Gasteiger partial charge >= 0.3 is 0 Å². The van der Waals surface area contributed by atoms with E-state index in [0.717, 1.165) is 47.3 Å². The predicted octanol–water partition coefficient (Wildman–Crippen LogP) is 7.78. The van der Waals surface area contributed by atoms with Gasteiger partial charge in [0.05, 0.1) is 26.4 Å². The van der Waals surface area contributed by atoms with Crippen LogP contribution in [-0.2, 0) is 21.7 Å². The second-order valence-electron chi connectivity index (χ2n) is 10.5. The summed E-state index contributed by atoms with van der Waals surface area (Å²) >= 11 is 0. The quantitative estimate of drug-likeness (QED) is 0.124. The molecule has 4 aromatic carbocycles. The van der Waals surface area contributed by atoms with Crippen LogP contribution in [0.3, 0.4) is 0 Å². The SMILES string of the molecule is CC[C@@](CCCOCc1ccc(OC)cc1)(COC(c1ccccc1)(c1ccccc1)c1ccccc1)C(C)O. The van der Waals surface area contributed by atoms with Crippen LogP contribution >= 0.6 is 0 Å². The topological polar surface area (TPSA) is 47.9 Å². The second-order valence-corrected chi connectivity index (χ2v) is 10.5. The number of benzene rings is 4.